The molecule has 1 heterocycles. The number of hydrogen-bond acceptors (Lipinski definition) is 3. The summed E-state index contributed by atoms with van der Waals surface area (Å²) in [5.74, 6) is 1.34. The summed E-state index contributed by atoms with van der Waals surface area (Å²) in [5, 5.41) is 2.87. The Morgan fingerprint density at radius 1 is 1.29 bits per heavy atom. The molecule has 4 heteroatoms. The Hall–Kier alpha value is -1.29. The van der Waals surface area contributed by atoms with E-state index in [9.17, 15) is 4.39 Å². The van der Waals surface area contributed by atoms with E-state index in [1.165, 1.54) is 0 Å². The molecule has 0 aliphatic carbocycles. The van der Waals surface area contributed by atoms with Gasteiger partial charge in [0.15, 0.2) is 11.5 Å². The third-order valence-corrected chi connectivity index (χ3v) is 2.96. The van der Waals surface area contributed by atoms with E-state index in [2.05, 4.69) is 5.32 Å². The zero-order valence-corrected chi connectivity index (χ0v) is 10.5. The lowest BCUT2D eigenvalue weighted by Gasteiger charge is -2.26. The van der Waals surface area contributed by atoms with E-state index in [1.807, 2.05) is 13.0 Å². The fourth-order valence-corrected chi connectivity index (χ4v) is 2.18. The number of hydrogen-bond donors (Lipinski definition) is 1. The molecular weight excluding hydrogens is 221 g/mol. The number of alkyl halides is 1. The molecule has 0 saturated carbocycles. The number of likely N-dealkylation sites (N-methyl/N-ethyl adjacent to an activating group) is 1. The molecule has 1 aromatic carbocycles. The average molecular weight is 239 g/mol. The first-order valence-corrected chi connectivity index (χ1v) is 5.79. The Morgan fingerprint density at radius 3 is 2.47 bits per heavy atom. The first kappa shape index (κ1) is 12.2. The van der Waals surface area contributed by atoms with Crippen LogP contribution in [0.3, 0.4) is 0 Å². The Bertz CT molecular complexity index is 418. The van der Waals surface area contributed by atoms with Gasteiger partial charge in [-0.25, -0.2) is 4.39 Å². The van der Waals surface area contributed by atoms with E-state index in [1.54, 1.807) is 20.0 Å². The third kappa shape index (κ3) is 2.36. The lowest BCUT2D eigenvalue weighted by molar-refractivity contribution is 0.165. The molecule has 1 N–H and O–H groups in total. The van der Waals surface area contributed by atoms with Crippen LogP contribution in [-0.2, 0) is 5.67 Å². The maximum Gasteiger partial charge on any atom is 0.161 e. The SMILES string of the molecule is CNCC(C)(F)c1cc2c(cc1C)OCCO2. The highest BCUT2D eigenvalue weighted by molar-refractivity contribution is 5.49. The number of nitrogens with one attached hydrogen (secondary N) is 1. The summed E-state index contributed by atoms with van der Waals surface area (Å²) in [6.07, 6.45) is 0. The largest absolute Gasteiger partial charge is 0.486 e. The minimum absolute atomic E-state index is 0.271. The average Bonchev–Trinajstić information content (AvgIpc) is 2.27. The van der Waals surface area contributed by atoms with Crippen molar-refractivity contribution >= 4 is 0 Å². The Kier molecular flexibility index (Phi) is 3.24. The summed E-state index contributed by atoms with van der Waals surface area (Å²) in [6, 6.07) is 3.60. The van der Waals surface area contributed by atoms with E-state index in [0.717, 1.165) is 5.56 Å². The van der Waals surface area contributed by atoms with Gasteiger partial charge in [-0.2, -0.15) is 0 Å². The standard InChI is InChI=1S/C13H18FNO2/c1-9-6-11-12(17-5-4-16-11)7-10(9)13(2,14)8-15-3/h6-7,15H,4-5,8H2,1-3H3. The van der Waals surface area contributed by atoms with Gasteiger partial charge in [0.05, 0.1) is 0 Å². The number of rotatable bonds is 3. The van der Waals surface area contributed by atoms with Crippen LogP contribution in [0.25, 0.3) is 0 Å². The van der Waals surface area contributed by atoms with Gasteiger partial charge in [-0.1, -0.05) is 0 Å². The Labute approximate surface area is 101 Å². The van der Waals surface area contributed by atoms with Gasteiger partial charge in [0.25, 0.3) is 0 Å². The van der Waals surface area contributed by atoms with E-state index >= 15 is 0 Å². The van der Waals surface area contributed by atoms with Gasteiger partial charge in [-0.05, 0) is 44.2 Å². The van der Waals surface area contributed by atoms with Crippen LogP contribution in [0, 0.1) is 6.92 Å². The molecule has 17 heavy (non-hydrogen) atoms. The summed E-state index contributed by atoms with van der Waals surface area (Å²) in [5.41, 5.74) is 0.125. The zero-order valence-electron chi connectivity index (χ0n) is 10.5. The lowest BCUT2D eigenvalue weighted by Crippen LogP contribution is -2.30. The first-order chi connectivity index (χ1) is 8.04. The van der Waals surface area contributed by atoms with Gasteiger partial charge in [-0.3, -0.25) is 0 Å². The monoisotopic (exact) mass is 239 g/mol. The molecule has 0 radical (unpaired) electrons. The molecule has 0 spiro atoms. The van der Waals surface area contributed by atoms with Crippen LogP contribution in [0.2, 0.25) is 0 Å². The Morgan fingerprint density at radius 2 is 1.88 bits per heavy atom. The maximum absolute atomic E-state index is 14.5. The zero-order chi connectivity index (χ0) is 12.5. The van der Waals surface area contributed by atoms with Crippen LogP contribution in [0.4, 0.5) is 4.39 Å². The van der Waals surface area contributed by atoms with Crippen molar-refractivity contribution in [2.75, 3.05) is 26.8 Å². The topological polar surface area (TPSA) is 30.5 Å². The molecule has 0 bridgehead atoms. The smallest absolute Gasteiger partial charge is 0.161 e. The van der Waals surface area contributed by atoms with Crippen LogP contribution < -0.4 is 14.8 Å². The second-order valence-electron chi connectivity index (χ2n) is 4.54. The molecule has 1 unspecified atom stereocenters. The van der Waals surface area contributed by atoms with Crippen molar-refractivity contribution < 1.29 is 13.9 Å². The maximum atomic E-state index is 14.5. The predicted molar refractivity (Wildman–Crippen MR) is 64.6 cm³/mol. The van der Waals surface area contributed by atoms with Crippen molar-refractivity contribution in [1.82, 2.24) is 5.32 Å². The minimum Gasteiger partial charge on any atom is -0.486 e. The number of fused-ring (bicyclic) bond motifs is 1. The second kappa shape index (κ2) is 4.53. The Balaban J connectivity index is 2.41. The van der Waals surface area contributed by atoms with Gasteiger partial charge >= 0.3 is 0 Å². The summed E-state index contributed by atoms with van der Waals surface area (Å²) >= 11 is 0. The molecule has 1 aromatic rings. The summed E-state index contributed by atoms with van der Waals surface area (Å²) in [6.45, 7) is 4.80. The van der Waals surface area contributed by atoms with Gasteiger partial charge in [0, 0.05) is 6.54 Å². The van der Waals surface area contributed by atoms with Crippen molar-refractivity contribution in [3.63, 3.8) is 0 Å². The van der Waals surface area contributed by atoms with Crippen molar-refractivity contribution in [3.8, 4) is 11.5 Å². The van der Waals surface area contributed by atoms with Gasteiger partial charge in [0.1, 0.15) is 18.9 Å². The normalized spacial score (nSPS) is 17.6. The van der Waals surface area contributed by atoms with Crippen molar-refractivity contribution in [3.05, 3.63) is 23.3 Å². The van der Waals surface area contributed by atoms with Gasteiger partial charge in [0.2, 0.25) is 0 Å². The van der Waals surface area contributed by atoms with Crippen LogP contribution in [-0.4, -0.2) is 26.8 Å². The predicted octanol–water partition coefficient (Wildman–Crippen LogP) is 2.17. The van der Waals surface area contributed by atoms with Crippen molar-refractivity contribution in [2.24, 2.45) is 0 Å². The second-order valence-corrected chi connectivity index (χ2v) is 4.54. The van der Waals surface area contributed by atoms with E-state index in [0.29, 0.717) is 30.3 Å². The van der Waals surface area contributed by atoms with Crippen LogP contribution >= 0.6 is 0 Å². The van der Waals surface area contributed by atoms with Crippen LogP contribution in [0.15, 0.2) is 12.1 Å². The molecule has 94 valence electrons. The molecule has 0 saturated heterocycles. The molecule has 2 rings (SSSR count). The number of aryl methyl sites for hydroxylation is 1. The molecule has 0 fully saturated rings. The van der Waals surface area contributed by atoms with Gasteiger partial charge in [-0.15, -0.1) is 0 Å². The fraction of sp³-hybridized carbons (Fsp3) is 0.538. The van der Waals surface area contributed by atoms with E-state index in [-0.39, 0.29) is 6.54 Å². The highest BCUT2D eigenvalue weighted by Gasteiger charge is 2.29. The summed E-state index contributed by atoms with van der Waals surface area (Å²) < 4.78 is 25.4. The van der Waals surface area contributed by atoms with E-state index < -0.39 is 5.67 Å². The van der Waals surface area contributed by atoms with E-state index in [4.69, 9.17) is 9.47 Å². The van der Waals surface area contributed by atoms with Crippen molar-refractivity contribution in [1.29, 1.82) is 0 Å². The number of ether oxygens (including phenoxy) is 2. The highest BCUT2D eigenvalue weighted by Crippen LogP contribution is 2.38. The van der Waals surface area contributed by atoms with Gasteiger partial charge < -0.3 is 14.8 Å². The summed E-state index contributed by atoms with van der Waals surface area (Å²) in [4.78, 5) is 0. The lowest BCUT2D eigenvalue weighted by atomic mass is 9.93. The molecular formula is C13H18FNO2. The molecule has 0 aromatic heterocycles. The van der Waals surface area contributed by atoms with Crippen molar-refractivity contribution in [2.45, 2.75) is 19.5 Å². The number of halogens is 1. The molecule has 1 aliphatic rings. The quantitative estimate of drug-likeness (QED) is 0.877. The first-order valence-electron chi connectivity index (χ1n) is 5.79. The number of benzene rings is 1. The highest BCUT2D eigenvalue weighted by atomic mass is 19.1. The minimum atomic E-state index is -1.41. The molecule has 3 nitrogen and oxygen atoms in total. The molecule has 1 atom stereocenters. The fourth-order valence-electron chi connectivity index (χ4n) is 2.18. The molecule has 1 aliphatic heterocycles. The third-order valence-electron chi connectivity index (χ3n) is 2.96. The summed E-state index contributed by atoms with van der Waals surface area (Å²) in [7, 11) is 1.74. The van der Waals surface area contributed by atoms with Crippen LogP contribution in [0.5, 0.6) is 11.5 Å². The molecule has 0 amide bonds. The van der Waals surface area contributed by atoms with Crippen LogP contribution in [0.1, 0.15) is 18.1 Å².